The van der Waals surface area contributed by atoms with E-state index in [-0.39, 0.29) is 18.6 Å². The molecule has 0 aromatic rings. The van der Waals surface area contributed by atoms with Crippen molar-refractivity contribution >= 4 is 5.91 Å². The standard InChI is InChI=1S/C11H18N7O2/c1-18-6-9(7-18)20-8-10(19)13-4-2-11(15-16-11)3-5-14-17-12/h9H,1-8H2,(H,13,19). The Balaban J connectivity index is 1.51. The van der Waals surface area contributed by atoms with Crippen molar-refractivity contribution in [3.63, 3.8) is 0 Å². The molecule has 0 atom stereocenters. The molecule has 0 spiro atoms. The first-order chi connectivity index (χ1) is 9.63. The topological polar surface area (TPSA) is 115 Å². The largest absolute Gasteiger partial charge is 0.366 e. The molecule has 2 heterocycles. The molecule has 2 aliphatic rings. The van der Waals surface area contributed by atoms with Crippen LogP contribution in [-0.4, -0.2) is 55.4 Å². The van der Waals surface area contributed by atoms with Crippen LogP contribution in [-0.2, 0) is 9.53 Å². The van der Waals surface area contributed by atoms with Gasteiger partial charge in [-0.3, -0.25) is 9.69 Å². The first-order valence-electron chi connectivity index (χ1n) is 6.52. The van der Waals surface area contributed by atoms with Crippen molar-refractivity contribution < 1.29 is 9.53 Å². The molecule has 9 heteroatoms. The Kier molecular flexibility index (Phi) is 4.89. The Morgan fingerprint density at radius 2 is 2.30 bits per heavy atom. The van der Waals surface area contributed by atoms with Crippen molar-refractivity contribution in [3.8, 4) is 0 Å². The normalized spacial score (nSPS) is 20.1. The first-order valence-corrected chi connectivity index (χ1v) is 6.52. The number of hydrogen-bond donors (Lipinski definition) is 1. The van der Waals surface area contributed by atoms with Gasteiger partial charge in [-0.2, -0.15) is 10.2 Å². The quantitative estimate of drug-likeness (QED) is 0.383. The zero-order valence-electron chi connectivity index (χ0n) is 11.2. The van der Waals surface area contributed by atoms with E-state index >= 15 is 0 Å². The highest BCUT2D eigenvalue weighted by molar-refractivity contribution is 5.77. The van der Waals surface area contributed by atoms with Gasteiger partial charge in [0.05, 0.1) is 6.10 Å². The van der Waals surface area contributed by atoms with Gasteiger partial charge in [0, 0.05) is 51.0 Å². The fourth-order valence-corrected chi connectivity index (χ4v) is 1.94. The van der Waals surface area contributed by atoms with Crippen molar-refractivity contribution in [2.45, 2.75) is 24.6 Å². The molecule has 0 saturated carbocycles. The molecular formula is C11H18N7O2. The predicted octanol–water partition coefficient (Wildman–Crippen LogP) is 0.848. The molecule has 1 fully saturated rings. The Labute approximate surface area is 117 Å². The van der Waals surface area contributed by atoms with Gasteiger partial charge in [0.25, 0.3) is 0 Å². The van der Waals surface area contributed by atoms with E-state index in [1.807, 2.05) is 4.90 Å². The number of nitrogens with zero attached hydrogens (tertiary/aromatic N) is 6. The molecule has 0 aliphatic carbocycles. The molecule has 20 heavy (non-hydrogen) atoms. The van der Waals surface area contributed by atoms with Gasteiger partial charge in [-0.15, -0.1) is 0 Å². The van der Waals surface area contributed by atoms with Crippen LogP contribution < -0.4 is 5.32 Å². The molecular weight excluding hydrogens is 262 g/mol. The number of likely N-dealkylation sites (tertiary alicyclic amines) is 1. The van der Waals surface area contributed by atoms with Gasteiger partial charge in [-0.1, -0.05) is 5.11 Å². The maximum Gasteiger partial charge on any atom is 0.246 e. The van der Waals surface area contributed by atoms with Crippen LogP contribution in [0.1, 0.15) is 12.8 Å². The lowest BCUT2D eigenvalue weighted by Gasteiger charge is -2.35. The van der Waals surface area contributed by atoms with E-state index in [0.717, 1.165) is 13.1 Å². The molecule has 1 N–H and O–H groups in total. The first kappa shape index (κ1) is 14.7. The monoisotopic (exact) mass is 280 g/mol. The molecule has 1 amide bonds. The van der Waals surface area contributed by atoms with Crippen molar-refractivity contribution in [1.29, 1.82) is 0 Å². The van der Waals surface area contributed by atoms with E-state index < -0.39 is 5.66 Å². The Morgan fingerprint density at radius 1 is 1.55 bits per heavy atom. The molecule has 1 radical (unpaired) electrons. The smallest absolute Gasteiger partial charge is 0.246 e. The molecule has 0 unspecified atom stereocenters. The summed E-state index contributed by atoms with van der Waals surface area (Å²) < 4.78 is 5.39. The average Bonchev–Trinajstić information content (AvgIpc) is 3.14. The molecule has 109 valence electrons. The lowest BCUT2D eigenvalue weighted by molar-refractivity contribution is -0.131. The number of nitrogens with one attached hydrogen (secondary N) is 1. The third-order valence-corrected chi connectivity index (χ3v) is 3.28. The summed E-state index contributed by atoms with van der Waals surface area (Å²) >= 11 is 0. The number of ether oxygens (including phenoxy) is 1. The SMILES string of the molecule is [CH2]N1CC(OCC(=O)NCCC2(CCN=[N+]=[N-])N=N2)C1. The van der Waals surface area contributed by atoms with Crippen molar-refractivity contribution in [2.24, 2.45) is 15.3 Å². The van der Waals surface area contributed by atoms with Gasteiger partial charge >= 0.3 is 0 Å². The number of azide groups is 1. The molecule has 2 rings (SSSR count). The summed E-state index contributed by atoms with van der Waals surface area (Å²) in [6, 6.07) is 0. The Bertz CT molecular complexity index is 420. The minimum atomic E-state index is -0.454. The van der Waals surface area contributed by atoms with Crippen molar-refractivity contribution in [1.82, 2.24) is 10.2 Å². The maximum atomic E-state index is 11.5. The second-order valence-electron chi connectivity index (χ2n) is 4.96. The van der Waals surface area contributed by atoms with Crippen LogP contribution in [0.2, 0.25) is 0 Å². The summed E-state index contributed by atoms with van der Waals surface area (Å²) in [7, 11) is 3.74. The molecule has 9 nitrogen and oxygen atoms in total. The number of amides is 1. The second-order valence-corrected chi connectivity index (χ2v) is 4.96. The van der Waals surface area contributed by atoms with Gasteiger partial charge in [0.2, 0.25) is 5.91 Å². The highest BCUT2D eigenvalue weighted by Gasteiger charge is 2.38. The summed E-state index contributed by atoms with van der Waals surface area (Å²) in [5, 5.41) is 14.1. The lowest BCUT2D eigenvalue weighted by Crippen LogP contribution is -2.49. The van der Waals surface area contributed by atoms with E-state index in [4.69, 9.17) is 10.3 Å². The van der Waals surface area contributed by atoms with Gasteiger partial charge in [-0.05, 0) is 5.53 Å². The highest BCUT2D eigenvalue weighted by atomic mass is 16.5. The molecule has 2 aliphatic heterocycles. The van der Waals surface area contributed by atoms with Gasteiger partial charge < -0.3 is 10.1 Å². The van der Waals surface area contributed by atoms with Crippen LogP contribution in [0.3, 0.4) is 0 Å². The number of hydrogen-bond acceptors (Lipinski definition) is 6. The van der Waals surface area contributed by atoms with Crippen LogP contribution in [0.25, 0.3) is 10.4 Å². The zero-order chi connectivity index (χ0) is 14.4. The number of carbonyl (C=O) groups is 1. The van der Waals surface area contributed by atoms with Gasteiger partial charge in [-0.25, -0.2) is 0 Å². The molecule has 1 saturated heterocycles. The predicted molar refractivity (Wildman–Crippen MR) is 70.5 cm³/mol. The second kappa shape index (κ2) is 6.65. The number of carbonyl (C=O) groups excluding carboxylic acids is 1. The van der Waals surface area contributed by atoms with Crippen LogP contribution >= 0.6 is 0 Å². The highest BCUT2D eigenvalue weighted by Crippen LogP contribution is 2.34. The van der Waals surface area contributed by atoms with E-state index in [1.54, 1.807) is 0 Å². The molecule has 0 aromatic heterocycles. The summed E-state index contributed by atoms with van der Waals surface area (Å²) in [6.45, 7) is 2.46. The molecule has 0 bridgehead atoms. The van der Waals surface area contributed by atoms with Crippen LogP contribution in [0.5, 0.6) is 0 Å². The summed E-state index contributed by atoms with van der Waals surface area (Å²) in [6.07, 6.45) is 1.32. The minimum Gasteiger partial charge on any atom is -0.366 e. The maximum absolute atomic E-state index is 11.5. The van der Waals surface area contributed by atoms with Crippen LogP contribution in [0, 0.1) is 7.05 Å². The van der Waals surface area contributed by atoms with Gasteiger partial charge in [0.15, 0.2) is 5.66 Å². The Hall–Kier alpha value is -1.70. The van der Waals surface area contributed by atoms with Gasteiger partial charge in [0.1, 0.15) is 6.61 Å². The fourth-order valence-electron chi connectivity index (χ4n) is 1.94. The molecule has 0 aromatic carbocycles. The number of rotatable bonds is 9. The van der Waals surface area contributed by atoms with E-state index in [1.165, 1.54) is 0 Å². The lowest BCUT2D eigenvalue weighted by atomic mass is 10.1. The van der Waals surface area contributed by atoms with E-state index in [9.17, 15) is 4.79 Å². The average molecular weight is 280 g/mol. The van der Waals surface area contributed by atoms with E-state index in [2.05, 4.69) is 32.6 Å². The zero-order valence-corrected chi connectivity index (χ0v) is 11.2. The van der Waals surface area contributed by atoms with Crippen molar-refractivity contribution in [2.75, 3.05) is 32.8 Å². The van der Waals surface area contributed by atoms with E-state index in [0.29, 0.717) is 25.9 Å². The summed E-state index contributed by atoms with van der Waals surface area (Å²) in [5.74, 6) is -0.140. The Morgan fingerprint density at radius 3 is 2.90 bits per heavy atom. The fraction of sp³-hybridized carbons (Fsp3) is 0.818. The van der Waals surface area contributed by atoms with Crippen molar-refractivity contribution in [3.05, 3.63) is 17.5 Å². The third kappa shape index (κ3) is 4.44. The summed E-state index contributed by atoms with van der Waals surface area (Å²) in [5.41, 5.74) is 7.74. The van der Waals surface area contributed by atoms with Crippen LogP contribution in [0.4, 0.5) is 0 Å². The van der Waals surface area contributed by atoms with Crippen LogP contribution in [0.15, 0.2) is 15.3 Å². The minimum absolute atomic E-state index is 0.0680. The third-order valence-electron chi connectivity index (χ3n) is 3.28. The summed E-state index contributed by atoms with van der Waals surface area (Å²) in [4.78, 5) is 16.1.